The monoisotopic (exact) mass is 359 g/mol. The molecule has 0 bridgehead atoms. The van der Waals surface area contributed by atoms with Gasteiger partial charge in [0.1, 0.15) is 12.3 Å². The number of halogens is 1. The number of carbonyl (C=O) groups excluding carboxylic acids is 1. The Bertz CT molecular complexity index is 678. The van der Waals surface area contributed by atoms with Crippen molar-refractivity contribution in [3.05, 3.63) is 52.6 Å². The van der Waals surface area contributed by atoms with Gasteiger partial charge in [-0.25, -0.2) is 4.98 Å². The molecule has 0 aliphatic heterocycles. The van der Waals surface area contributed by atoms with E-state index in [4.69, 9.17) is 10.00 Å². The first-order chi connectivity index (χ1) is 10.6. The number of nitrogens with zero attached hydrogens (tertiary/aromatic N) is 3. The van der Waals surface area contributed by atoms with Crippen molar-refractivity contribution in [2.45, 2.75) is 6.92 Å². The lowest BCUT2D eigenvalue weighted by Crippen LogP contribution is -2.31. The Hall–Kier alpha value is -2.39. The maximum atomic E-state index is 12.2. The van der Waals surface area contributed by atoms with Gasteiger partial charge in [0.25, 0.3) is 5.91 Å². The van der Waals surface area contributed by atoms with Gasteiger partial charge in [-0.05, 0) is 37.3 Å². The Balaban J connectivity index is 2.08. The predicted molar refractivity (Wildman–Crippen MR) is 85.6 cm³/mol. The summed E-state index contributed by atoms with van der Waals surface area (Å²) in [5.74, 6) is 0.850. The number of hydrogen-bond acceptors (Lipinski definition) is 4. The molecule has 1 amide bonds. The van der Waals surface area contributed by atoms with Gasteiger partial charge in [0.05, 0.1) is 11.6 Å². The summed E-state index contributed by atoms with van der Waals surface area (Å²) in [4.78, 5) is 17.7. The van der Waals surface area contributed by atoms with Crippen LogP contribution in [-0.2, 0) is 0 Å². The predicted octanol–water partition coefficient (Wildman–Crippen LogP) is 3.62. The van der Waals surface area contributed by atoms with E-state index in [2.05, 4.69) is 20.9 Å². The summed E-state index contributed by atoms with van der Waals surface area (Å²) in [6, 6.07) is 12.6. The Morgan fingerprint density at radius 3 is 2.59 bits per heavy atom. The second kappa shape index (κ2) is 7.57. The van der Waals surface area contributed by atoms with E-state index in [-0.39, 0.29) is 12.5 Å². The molecule has 5 nitrogen and oxygen atoms in total. The lowest BCUT2D eigenvalue weighted by Gasteiger charge is -2.16. The van der Waals surface area contributed by atoms with E-state index in [1.807, 2.05) is 37.3 Å². The molecule has 0 unspecified atom stereocenters. The molecule has 0 saturated heterocycles. The average molecular weight is 360 g/mol. The molecule has 0 N–H and O–H groups in total. The summed E-state index contributed by atoms with van der Waals surface area (Å²) in [7, 11) is 0. The highest BCUT2D eigenvalue weighted by Crippen LogP contribution is 2.21. The van der Waals surface area contributed by atoms with Gasteiger partial charge in [0.15, 0.2) is 0 Å². The van der Waals surface area contributed by atoms with E-state index in [1.165, 1.54) is 11.1 Å². The molecule has 2 rings (SSSR count). The second-order valence-electron chi connectivity index (χ2n) is 4.42. The molecule has 22 heavy (non-hydrogen) atoms. The lowest BCUT2D eigenvalue weighted by molar-refractivity contribution is 0.0783. The number of pyridine rings is 1. The van der Waals surface area contributed by atoms with Crippen molar-refractivity contribution in [3.8, 4) is 17.7 Å². The summed E-state index contributed by atoms with van der Waals surface area (Å²) in [6.07, 6.45) is 1.45. The van der Waals surface area contributed by atoms with Gasteiger partial charge in [0, 0.05) is 23.3 Å². The summed E-state index contributed by atoms with van der Waals surface area (Å²) >= 11 is 3.35. The van der Waals surface area contributed by atoms with Crippen molar-refractivity contribution in [1.29, 1.82) is 5.26 Å². The van der Waals surface area contributed by atoms with Crippen molar-refractivity contribution in [2.24, 2.45) is 0 Å². The number of aromatic nitrogens is 1. The van der Waals surface area contributed by atoms with Gasteiger partial charge in [-0.1, -0.05) is 15.9 Å². The van der Waals surface area contributed by atoms with Crippen LogP contribution < -0.4 is 4.74 Å². The van der Waals surface area contributed by atoms with Gasteiger partial charge in [-0.2, -0.15) is 5.26 Å². The van der Waals surface area contributed by atoms with E-state index in [1.54, 1.807) is 12.1 Å². The van der Waals surface area contributed by atoms with Crippen LogP contribution in [0.3, 0.4) is 0 Å². The van der Waals surface area contributed by atoms with Crippen LogP contribution in [0.2, 0.25) is 0 Å². The zero-order chi connectivity index (χ0) is 15.9. The Morgan fingerprint density at radius 1 is 1.32 bits per heavy atom. The number of hydrogen-bond donors (Lipinski definition) is 0. The zero-order valence-corrected chi connectivity index (χ0v) is 13.6. The Labute approximate surface area is 137 Å². The standard InChI is InChI=1S/C16H14BrN3O2/c1-2-20(10-9-18)16(21)12-3-8-15(19-11-12)22-14-6-4-13(17)5-7-14/h3-8,11H,2,10H2,1H3. The van der Waals surface area contributed by atoms with Gasteiger partial charge < -0.3 is 9.64 Å². The molecular formula is C16H14BrN3O2. The Morgan fingerprint density at radius 2 is 2.05 bits per heavy atom. The number of benzene rings is 1. The van der Waals surface area contributed by atoms with Crippen LogP contribution in [0.25, 0.3) is 0 Å². The minimum absolute atomic E-state index is 0.0620. The first-order valence-electron chi connectivity index (χ1n) is 6.69. The minimum Gasteiger partial charge on any atom is -0.439 e. The molecule has 0 aliphatic carbocycles. The summed E-state index contributed by atoms with van der Waals surface area (Å²) in [5.41, 5.74) is 0.431. The van der Waals surface area contributed by atoms with Crippen LogP contribution in [0.15, 0.2) is 47.1 Å². The number of rotatable bonds is 5. The van der Waals surface area contributed by atoms with E-state index >= 15 is 0 Å². The number of ether oxygens (including phenoxy) is 1. The molecule has 0 radical (unpaired) electrons. The molecule has 1 heterocycles. The van der Waals surface area contributed by atoms with Crippen molar-refractivity contribution in [3.63, 3.8) is 0 Å². The highest BCUT2D eigenvalue weighted by Gasteiger charge is 2.14. The fourth-order valence-electron chi connectivity index (χ4n) is 1.79. The molecular weight excluding hydrogens is 346 g/mol. The fraction of sp³-hybridized carbons (Fsp3) is 0.188. The minimum atomic E-state index is -0.216. The number of amides is 1. The molecule has 0 saturated carbocycles. The van der Waals surface area contributed by atoms with Crippen molar-refractivity contribution in [1.82, 2.24) is 9.88 Å². The molecule has 6 heteroatoms. The highest BCUT2D eigenvalue weighted by atomic mass is 79.9. The lowest BCUT2D eigenvalue weighted by atomic mass is 10.2. The van der Waals surface area contributed by atoms with Gasteiger partial charge in [-0.3, -0.25) is 4.79 Å². The van der Waals surface area contributed by atoms with Crippen LogP contribution in [0.4, 0.5) is 0 Å². The van der Waals surface area contributed by atoms with Gasteiger partial charge >= 0.3 is 0 Å². The molecule has 0 fully saturated rings. The summed E-state index contributed by atoms with van der Waals surface area (Å²) in [5, 5.41) is 8.71. The molecule has 1 aromatic carbocycles. The normalized spacial score (nSPS) is 9.86. The third kappa shape index (κ3) is 4.06. The van der Waals surface area contributed by atoms with Gasteiger partial charge in [0.2, 0.25) is 5.88 Å². The molecule has 112 valence electrons. The van der Waals surface area contributed by atoms with Crippen LogP contribution in [-0.4, -0.2) is 28.9 Å². The maximum Gasteiger partial charge on any atom is 0.256 e. The van der Waals surface area contributed by atoms with Crippen molar-refractivity contribution >= 4 is 21.8 Å². The SMILES string of the molecule is CCN(CC#N)C(=O)c1ccc(Oc2ccc(Br)cc2)nc1. The summed E-state index contributed by atoms with van der Waals surface area (Å²) in [6.45, 7) is 2.36. The van der Waals surface area contributed by atoms with E-state index < -0.39 is 0 Å². The quantitative estimate of drug-likeness (QED) is 0.764. The molecule has 2 aromatic rings. The van der Waals surface area contributed by atoms with Crippen molar-refractivity contribution < 1.29 is 9.53 Å². The molecule has 1 aromatic heterocycles. The first-order valence-corrected chi connectivity index (χ1v) is 7.49. The topological polar surface area (TPSA) is 66.2 Å². The number of nitriles is 1. The van der Waals surface area contributed by atoms with E-state index in [0.29, 0.717) is 23.7 Å². The molecule has 0 spiro atoms. The van der Waals surface area contributed by atoms with Crippen LogP contribution in [0, 0.1) is 11.3 Å². The van der Waals surface area contributed by atoms with Crippen molar-refractivity contribution in [2.75, 3.05) is 13.1 Å². The van der Waals surface area contributed by atoms with Crippen LogP contribution >= 0.6 is 15.9 Å². The average Bonchev–Trinajstić information content (AvgIpc) is 2.55. The van der Waals surface area contributed by atoms with Crippen LogP contribution in [0.1, 0.15) is 17.3 Å². The van der Waals surface area contributed by atoms with E-state index in [0.717, 1.165) is 4.47 Å². The van der Waals surface area contributed by atoms with E-state index in [9.17, 15) is 4.79 Å². The molecule has 0 atom stereocenters. The smallest absolute Gasteiger partial charge is 0.256 e. The largest absolute Gasteiger partial charge is 0.439 e. The van der Waals surface area contributed by atoms with Crippen LogP contribution in [0.5, 0.6) is 11.6 Å². The van der Waals surface area contributed by atoms with Gasteiger partial charge in [-0.15, -0.1) is 0 Å². The second-order valence-corrected chi connectivity index (χ2v) is 5.33. The fourth-order valence-corrected chi connectivity index (χ4v) is 2.05. The first kappa shape index (κ1) is 16.0. The third-order valence-corrected chi connectivity index (χ3v) is 3.48. The zero-order valence-electron chi connectivity index (χ0n) is 12.0. The molecule has 0 aliphatic rings. The maximum absolute atomic E-state index is 12.2. The highest BCUT2D eigenvalue weighted by molar-refractivity contribution is 9.10. The number of carbonyl (C=O) groups is 1. The summed E-state index contributed by atoms with van der Waals surface area (Å²) < 4.78 is 6.56. The third-order valence-electron chi connectivity index (χ3n) is 2.95. The Kier molecular flexibility index (Phi) is 5.50.